The van der Waals surface area contributed by atoms with E-state index < -0.39 is 0 Å². The van der Waals surface area contributed by atoms with Gasteiger partial charge in [-0.15, -0.1) is 0 Å². The Morgan fingerprint density at radius 3 is 3.00 bits per heavy atom. The largest absolute Gasteiger partial charge is 0.384 e. The van der Waals surface area contributed by atoms with Gasteiger partial charge in [-0.05, 0) is 24.6 Å². The molecule has 1 aromatic rings. The molecule has 1 aromatic carbocycles. The van der Waals surface area contributed by atoms with E-state index in [-0.39, 0.29) is 17.7 Å². The summed E-state index contributed by atoms with van der Waals surface area (Å²) >= 11 is 0. The predicted octanol–water partition coefficient (Wildman–Crippen LogP) is 1.72. The third-order valence-corrected chi connectivity index (χ3v) is 3.27. The first kappa shape index (κ1) is 12.8. The second-order valence-electron chi connectivity index (χ2n) is 4.41. The monoisotopic (exact) mass is 251 g/mol. The van der Waals surface area contributed by atoms with E-state index in [1.54, 1.807) is 12.1 Å². The molecule has 1 fully saturated rings. The Bertz CT molecular complexity index is 450. The molecule has 1 aliphatic rings. The van der Waals surface area contributed by atoms with Crippen molar-refractivity contribution < 1.29 is 9.13 Å². The van der Waals surface area contributed by atoms with Gasteiger partial charge in [0.1, 0.15) is 11.7 Å². The van der Waals surface area contributed by atoms with Crippen molar-refractivity contribution in [1.82, 2.24) is 0 Å². The fourth-order valence-electron chi connectivity index (χ4n) is 2.22. The Kier molecular flexibility index (Phi) is 3.81. The summed E-state index contributed by atoms with van der Waals surface area (Å²) in [7, 11) is 0. The van der Waals surface area contributed by atoms with E-state index in [4.69, 9.17) is 15.9 Å². The summed E-state index contributed by atoms with van der Waals surface area (Å²) in [5.74, 6) is -0.447. The van der Waals surface area contributed by atoms with E-state index >= 15 is 0 Å². The molecule has 0 aliphatic carbocycles. The molecule has 98 valence electrons. The lowest BCUT2D eigenvalue weighted by Crippen LogP contribution is -2.45. The van der Waals surface area contributed by atoms with Gasteiger partial charge in [0.2, 0.25) is 0 Å². The van der Waals surface area contributed by atoms with Gasteiger partial charge in [0.15, 0.2) is 0 Å². The van der Waals surface area contributed by atoms with Crippen molar-refractivity contribution in [2.24, 2.45) is 5.73 Å². The smallest absolute Gasteiger partial charge is 0.147 e. The summed E-state index contributed by atoms with van der Waals surface area (Å²) < 4.78 is 19.5. The van der Waals surface area contributed by atoms with Crippen LogP contribution < -0.4 is 10.6 Å². The van der Waals surface area contributed by atoms with Crippen molar-refractivity contribution in [2.75, 3.05) is 24.7 Å². The number of nitrogen functional groups attached to an aromatic ring is 1. The second kappa shape index (κ2) is 5.35. The van der Waals surface area contributed by atoms with Gasteiger partial charge < -0.3 is 15.4 Å². The standard InChI is InChI=1S/C13H18FN3O/c1-2-10-8-18-6-5-17(10)12-4-3-9(13(15)16)7-11(12)14/h3-4,7,10H,2,5-6,8H2,1H3,(H3,15,16). The molecule has 0 saturated carbocycles. The normalized spacial score (nSPS) is 19.9. The number of benzene rings is 1. The van der Waals surface area contributed by atoms with Crippen molar-refractivity contribution >= 4 is 11.5 Å². The van der Waals surface area contributed by atoms with Gasteiger partial charge >= 0.3 is 0 Å². The van der Waals surface area contributed by atoms with Crippen LogP contribution in [-0.2, 0) is 4.74 Å². The summed E-state index contributed by atoms with van der Waals surface area (Å²) in [6.45, 7) is 4.00. The van der Waals surface area contributed by atoms with Crippen molar-refractivity contribution in [3.05, 3.63) is 29.6 Å². The van der Waals surface area contributed by atoms with Crippen LogP contribution in [0.25, 0.3) is 0 Å². The Morgan fingerprint density at radius 1 is 1.61 bits per heavy atom. The summed E-state index contributed by atoms with van der Waals surface area (Å²) in [4.78, 5) is 2.03. The molecule has 0 aromatic heterocycles. The van der Waals surface area contributed by atoms with Crippen LogP contribution in [-0.4, -0.2) is 31.6 Å². The van der Waals surface area contributed by atoms with Crippen molar-refractivity contribution in [1.29, 1.82) is 5.41 Å². The maximum absolute atomic E-state index is 14.1. The Morgan fingerprint density at radius 2 is 2.39 bits per heavy atom. The van der Waals surface area contributed by atoms with E-state index in [0.29, 0.717) is 31.0 Å². The molecule has 5 heteroatoms. The summed E-state index contributed by atoms with van der Waals surface area (Å²) in [5, 5.41) is 7.30. The first-order valence-corrected chi connectivity index (χ1v) is 6.11. The Labute approximate surface area is 106 Å². The number of hydrogen-bond acceptors (Lipinski definition) is 3. The minimum atomic E-state index is -0.331. The fraction of sp³-hybridized carbons (Fsp3) is 0.462. The lowest BCUT2D eigenvalue weighted by atomic mass is 10.1. The molecule has 18 heavy (non-hydrogen) atoms. The average Bonchev–Trinajstić information content (AvgIpc) is 2.38. The molecule has 1 atom stereocenters. The van der Waals surface area contributed by atoms with E-state index in [0.717, 1.165) is 6.42 Å². The SMILES string of the molecule is CCC1COCCN1c1ccc(C(=N)N)cc1F. The molecule has 1 unspecified atom stereocenters. The highest BCUT2D eigenvalue weighted by atomic mass is 19.1. The topological polar surface area (TPSA) is 62.3 Å². The van der Waals surface area contributed by atoms with Crippen molar-refractivity contribution in [2.45, 2.75) is 19.4 Å². The predicted molar refractivity (Wildman–Crippen MR) is 69.7 cm³/mol. The van der Waals surface area contributed by atoms with Crippen LogP contribution in [0.1, 0.15) is 18.9 Å². The van der Waals surface area contributed by atoms with Crippen LogP contribution in [0.15, 0.2) is 18.2 Å². The number of amidine groups is 1. The molecule has 1 heterocycles. The number of nitrogens with one attached hydrogen (secondary N) is 1. The van der Waals surface area contributed by atoms with Crippen LogP contribution in [0.2, 0.25) is 0 Å². The maximum Gasteiger partial charge on any atom is 0.147 e. The number of ether oxygens (including phenoxy) is 1. The molecule has 0 spiro atoms. The molecule has 0 amide bonds. The van der Waals surface area contributed by atoms with Crippen LogP contribution in [0, 0.1) is 11.2 Å². The van der Waals surface area contributed by atoms with Gasteiger partial charge in [-0.2, -0.15) is 0 Å². The van der Waals surface area contributed by atoms with E-state index in [1.165, 1.54) is 6.07 Å². The first-order valence-electron chi connectivity index (χ1n) is 6.11. The van der Waals surface area contributed by atoms with Gasteiger partial charge in [-0.3, -0.25) is 5.41 Å². The highest BCUT2D eigenvalue weighted by Gasteiger charge is 2.24. The number of morpholine rings is 1. The lowest BCUT2D eigenvalue weighted by molar-refractivity contribution is 0.0926. The summed E-state index contributed by atoms with van der Waals surface area (Å²) in [5.41, 5.74) is 6.33. The Hall–Kier alpha value is -1.62. The highest BCUT2D eigenvalue weighted by molar-refractivity contribution is 5.95. The third-order valence-electron chi connectivity index (χ3n) is 3.27. The van der Waals surface area contributed by atoms with Crippen molar-refractivity contribution in [3.8, 4) is 0 Å². The molecule has 2 rings (SSSR count). The van der Waals surface area contributed by atoms with Gasteiger partial charge in [0, 0.05) is 12.1 Å². The van der Waals surface area contributed by atoms with E-state index in [9.17, 15) is 4.39 Å². The van der Waals surface area contributed by atoms with E-state index in [1.807, 2.05) is 4.90 Å². The van der Waals surface area contributed by atoms with Crippen LogP contribution in [0.4, 0.5) is 10.1 Å². The molecular weight excluding hydrogens is 233 g/mol. The molecule has 1 saturated heterocycles. The van der Waals surface area contributed by atoms with Gasteiger partial charge in [-0.1, -0.05) is 6.92 Å². The molecule has 0 radical (unpaired) electrons. The molecular formula is C13H18FN3O. The van der Waals surface area contributed by atoms with Crippen LogP contribution in [0.3, 0.4) is 0 Å². The fourth-order valence-corrected chi connectivity index (χ4v) is 2.22. The number of rotatable bonds is 3. The molecule has 3 N–H and O–H groups in total. The zero-order valence-corrected chi connectivity index (χ0v) is 10.4. The number of hydrogen-bond donors (Lipinski definition) is 2. The number of nitrogens with zero attached hydrogens (tertiary/aromatic N) is 1. The number of halogens is 1. The summed E-state index contributed by atoms with van der Waals surface area (Å²) in [6, 6.07) is 4.90. The maximum atomic E-state index is 14.1. The Balaban J connectivity index is 2.29. The lowest BCUT2D eigenvalue weighted by Gasteiger charge is -2.37. The van der Waals surface area contributed by atoms with Crippen molar-refractivity contribution in [3.63, 3.8) is 0 Å². The second-order valence-corrected chi connectivity index (χ2v) is 4.41. The first-order chi connectivity index (χ1) is 8.63. The van der Waals surface area contributed by atoms with Crippen LogP contribution in [0.5, 0.6) is 0 Å². The molecule has 0 bridgehead atoms. The van der Waals surface area contributed by atoms with Gasteiger partial charge in [0.05, 0.1) is 24.9 Å². The number of nitrogens with two attached hydrogens (primary N) is 1. The van der Waals surface area contributed by atoms with Crippen LogP contribution >= 0.6 is 0 Å². The average molecular weight is 251 g/mol. The minimum Gasteiger partial charge on any atom is -0.384 e. The third kappa shape index (κ3) is 2.46. The zero-order valence-electron chi connectivity index (χ0n) is 10.4. The zero-order chi connectivity index (χ0) is 13.1. The molecule has 1 aliphatic heterocycles. The minimum absolute atomic E-state index is 0.116. The molecule has 4 nitrogen and oxygen atoms in total. The van der Waals surface area contributed by atoms with Gasteiger partial charge in [-0.25, -0.2) is 4.39 Å². The highest BCUT2D eigenvalue weighted by Crippen LogP contribution is 2.25. The number of anilines is 1. The quantitative estimate of drug-likeness (QED) is 0.635. The van der Waals surface area contributed by atoms with Gasteiger partial charge in [0.25, 0.3) is 0 Å². The summed E-state index contributed by atoms with van der Waals surface area (Å²) in [6.07, 6.45) is 0.911. The van der Waals surface area contributed by atoms with E-state index in [2.05, 4.69) is 6.92 Å².